The number of benzene rings is 1. The largest absolute Gasteiger partial charge is 0.487 e. The van der Waals surface area contributed by atoms with Crippen molar-refractivity contribution in [1.29, 1.82) is 5.26 Å². The van der Waals surface area contributed by atoms with Crippen LogP contribution in [0.3, 0.4) is 0 Å². The van der Waals surface area contributed by atoms with Crippen molar-refractivity contribution < 1.29 is 38.1 Å². The summed E-state index contributed by atoms with van der Waals surface area (Å²) < 4.78 is 39.1. The highest BCUT2D eigenvalue weighted by atomic mass is 19.1. The van der Waals surface area contributed by atoms with Crippen LogP contribution in [0.5, 0.6) is 11.6 Å². The van der Waals surface area contributed by atoms with E-state index in [1.165, 1.54) is 18.5 Å². The van der Waals surface area contributed by atoms with E-state index < -0.39 is 42.3 Å². The van der Waals surface area contributed by atoms with Gasteiger partial charge in [-0.1, -0.05) is 0 Å². The van der Waals surface area contributed by atoms with Gasteiger partial charge in [0.1, 0.15) is 47.0 Å². The number of alkyl halides is 2. The number of Topliss-reactive ketones (excluding diaryl/α,β-unsaturated/α-hetero) is 2. The Kier molecular flexibility index (Phi) is 10.2. The third-order valence-electron chi connectivity index (χ3n) is 8.31. The van der Waals surface area contributed by atoms with E-state index in [2.05, 4.69) is 42.4 Å². The van der Waals surface area contributed by atoms with Crippen LogP contribution in [0.15, 0.2) is 42.7 Å². The van der Waals surface area contributed by atoms with Crippen molar-refractivity contribution in [2.45, 2.75) is 25.2 Å². The van der Waals surface area contributed by atoms with E-state index in [1.807, 2.05) is 18.2 Å². The first kappa shape index (κ1) is 33.5. The predicted octanol–water partition coefficient (Wildman–Crippen LogP) is 1.36. The molecular formula is C31H34F2N8O6. The molecule has 0 amide bonds. The van der Waals surface area contributed by atoms with Crippen LogP contribution in [0.2, 0.25) is 0 Å². The molecular weight excluding hydrogens is 618 g/mol. The molecule has 2 fully saturated rings. The average Bonchev–Trinajstić information content (AvgIpc) is 3.08. The molecule has 4 heterocycles. The van der Waals surface area contributed by atoms with Gasteiger partial charge in [0.05, 0.1) is 18.4 Å². The molecule has 3 aromatic rings. The zero-order valence-electron chi connectivity index (χ0n) is 25.7. The number of aliphatic hydroxyl groups is 2. The molecule has 0 bridgehead atoms. The molecule has 4 N–H and O–H groups in total. The molecule has 0 spiro atoms. The lowest BCUT2D eigenvalue weighted by molar-refractivity contribution is -0.169. The standard InChI is InChI=1S/C31H34F2N8O6/c1-40-9-11-41(12-10-40)21-4-6-24(39-30(21)46-2)38-25-14-20(36-17-37-25)18-3-5-22(19(13-18)15-34)47-23-7-8-35-16-31(23,26(42)28(32)44)27(43)29(33)45/h3-6,13-14,17,23,28-29,35,44-45H,7-12,16H2,1-2H3,(H,36,37,38,39)/t23-,28+,29+/m0/s1. The predicted molar refractivity (Wildman–Crippen MR) is 165 cm³/mol. The van der Waals surface area contributed by atoms with Crippen LogP contribution in [0.4, 0.5) is 26.1 Å². The highest BCUT2D eigenvalue weighted by Crippen LogP contribution is 2.37. The molecule has 2 saturated heterocycles. The topological polar surface area (TPSA) is 186 Å². The van der Waals surface area contributed by atoms with Gasteiger partial charge >= 0.3 is 0 Å². The molecule has 248 valence electrons. The number of ether oxygens (including phenoxy) is 2. The minimum Gasteiger partial charge on any atom is -0.487 e. The van der Waals surface area contributed by atoms with E-state index in [1.54, 1.807) is 19.2 Å². The van der Waals surface area contributed by atoms with Gasteiger partial charge in [0.25, 0.3) is 12.7 Å². The van der Waals surface area contributed by atoms with Crippen LogP contribution in [0, 0.1) is 16.7 Å². The first-order valence-corrected chi connectivity index (χ1v) is 14.8. The van der Waals surface area contributed by atoms with Crippen molar-refractivity contribution in [3.8, 4) is 29.0 Å². The zero-order chi connectivity index (χ0) is 33.7. The Morgan fingerprint density at radius 1 is 1.09 bits per heavy atom. The number of carbonyl (C=O) groups is 2. The summed E-state index contributed by atoms with van der Waals surface area (Å²) in [5.74, 6) is -2.05. The molecule has 0 unspecified atom stereocenters. The summed E-state index contributed by atoms with van der Waals surface area (Å²) in [5, 5.41) is 34.5. The Hall–Kier alpha value is -4.82. The van der Waals surface area contributed by atoms with Crippen molar-refractivity contribution in [1.82, 2.24) is 25.2 Å². The van der Waals surface area contributed by atoms with Gasteiger partial charge in [0.2, 0.25) is 17.4 Å². The molecule has 2 aliphatic heterocycles. The molecule has 0 aliphatic carbocycles. The van der Waals surface area contributed by atoms with Crippen LogP contribution in [0.1, 0.15) is 12.0 Å². The second kappa shape index (κ2) is 14.3. The number of nitrogens with one attached hydrogen (secondary N) is 2. The van der Waals surface area contributed by atoms with Crippen molar-refractivity contribution in [3.63, 3.8) is 0 Å². The van der Waals surface area contributed by atoms with Gasteiger partial charge in [-0.15, -0.1) is 0 Å². The van der Waals surface area contributed by atoms with Gasteiger partial charge in [0, 0.05) is 44.4 Å². The summed E-state index contributed by atoms with van der Waals surface area (Å²) in [6, 6.07) is 11.8. The first-order valence-electron chi connectivity index (χ1n) is 14.8. The third kappa shape index (κ3) is 6.98. The van der Waals surface area contributed by atoms with E-state index in [-0.39, 0.29) is 24.3 Å². The van der Waals surface area contributed by atoms with Crippen LogP contribution in [-0.4, -0.2) is 114 Å². The fourth-order valence-electron chi connectivity index (χ4n) is 5.76. The van der Waals surface area contributed by atoms with E-state index >= 15 is 0 Å². The lowest BCUT2D eigenvalue weighted by atomic mass is 9.70. The summed E-state index contributed by atoms with van der Waals surface area (Å²) in [7, 11) is 3.64. The number of rotatable bonds is 11. The van der Waals surface area contributed by atoms with Gasteiger partial charge in [-0.3, -0.25) is 9.59 Å². The van der Waals surface area contributed by atoms with Crippen molar-refractivity contribution in [3.05, 3.63) is 48.3 Å². The molecule has 0 radical (unpaired) electrons. The van der Waals surface area contributed by atoms with E-state index in [9.17, 15) is 33.8 Å². The molecule has 2 aromatic heterocycles. The number of aliphatic hydroxyl groups excluding tert-OH is 2. The molecule has 2 aliphatic rings. The minimum absolute atomic E-state index is 0.0320. The average molecular weight is 653 g/mol. The molecule has 3 atom stereocenters. The number of hydrogen-bond acceptors (Lipinski definition) is 14. The number of pyridine rings is 1. The quantitative estimate of drug-likeness (QED) is 0.218. The number of nitrogens with zero attached hydrogens (tertiary/aromatic N) is 6. The van der Waals surface area contributed by atoms with Crippen LogP contribution in [-0.2, 0) is 9.59 Å². The van der Waals surface area contributed by atoms with Gasteiger partial charge < -0.3 is 40.1 Å². The maximum atomic E-state index is 13.8. The maximum Gasteiger partial charge on any atom is 0.257 e. The molecule has 5 rings (SSSR count). The molecule has 0 saturated carbocycles. The minimum atomic E-state index is -3.13. The summed E-state index contributed by atoms with van der Waals surface area (Å²) in [4.78, 5) is 43.1. The number of hydrogen-bond donors (Lipinski definition) is 4. The van der Waals surface area contributed by atoms with Gasteiger partial charge in [0.15, 0.2) is 0 Å². The zero-order valence-corrected chi connectivity index (χ0v) is 25.7. The fraction of sp³-hybridized carbons (Fsp3) is 0.419. The summed E-state index contributed by atoms with van der Waals surface area (Å²) in [6.45, 7) is 3.15. The Balaban J connectivity index is 1.38. The van der Waals surface area contributed by atoms with E-state index in [4.69, 9.17) is 9.47 Å². The number of methoxy groups -OCH3 is 1. The lowest BCUT2D eigenvalue weighted by Gasteiger charge is -2.41. The number of carbonyl (C=O) groups excluding carboxylic acids is 2. The molecule has 14 nitrogen and oxygen atoms in total. The Bertz CT molecular complexity index is 1640. The number of halogens is 2. The smallest absolute Gasteiger partial charge is 0.257 e. The number of anilines is 3. The Labute approximate surface area is 269 Å². The lowest BCUT2D eigenvalue weighted by Crippen LogP contribution is -2.64. The number of piperazine rings is 1. The van der Waals surface area contributed by atoms with Gasteiger partial charge in [-0.2, -0.15) is 10.2 Å². The number of piperidine rings is 1. The SMILES string of the molecule is COc1nc(Nc2cc(-c3ccc(O[C@H]4CCNCC4(C(=O)[C@@H](O)F)C(=O)[C@@H](O)F)c(C#N)c3)ncn2)ccc1N1CCN(C)CC1. The highest BCUT2D eigenvalue weighted by molar-refractivity contribution is 6.10. The number of nitriles is 1. The number of ketones is 2. The highest BCUT2D eigenvalue weighted by Gasteiger charge is 2.58. The van der Waals surface area contributed by atoms with E-state index in [0.717, 1.165) is 31.9 Å². The summed E-state index contributed by atoms with van der Waals surface area (Å²) in [5.41, 5.74) is -0.821. The summed E-state index contributed by atoms with van der Waals surface area (Å²) >= 11 is 0. The second-order valence-electron chi connectivity index (χ2n) is 11.2. The normalized spacial score (nSPS) is 19.3. The van der Waals surface area contributed by atoms with Gasteiger partial charge in [-0.25, -0.2) is 18.7 Å². The molecule has 47 heavy (non-hydrogen) atoms. The Morgan fingerprint density at radius 2 is 1.81 bits per heavy atom. The third-order valence-corrected chi connectivity index (χ3v) is 8.31. The van der Waals surface area contributed by atoms with Crippen LogP contribution >= 0.6 is 0 Å². The Morgan fingerprint density at radius 3 is 2.47 bits per heavy atom. The fourth-order valence-corrected chi connectivity index (χ4v) is 5.76. The molecule has 16 heteroatoms. The maximum absolute atomic E-state index is 13.8. The van der Waals surface area contributed by atoms with Crippen molar-refractivity contribution in [2.24, 2.45) is 5.41 Å². The van der Waals surface area contributed by atoms with Crippen molar-refractivity contribution >= 4 is 28.9 Å². The second-order valence-corrected chi connectivity index (χ2v) is 11.2. The van der Waals surface area contributed by atoms with Crippen LogP contribution in [0.25, 0.3) is 11.3 Å². The van der Waals surface area contributed by atoms with Crippen molar-refractivity contribution in [2.75, 3.05) is 63.6 Å². The van der Waals surface area contributed by atoms with Crippen LogP contribution < -0.4 is 25.0 Å². The summed E-state index contributed by atoms with van der Waals surface area (Å²) in [6.07, 6.45) is -6.53. The van der Waals surface area contributed by atoms with E-state index in [0.29, 0.717) is 28.8 Å². The monoisotopic (exact) mass is 652 g/mol. The number of likely N-dealkylation sites (N-methyl/N-ethyl adjacent to an activating group) is 1. The van der Waals surface area contributed by atoms with Gasteiger partial charge in [-0.05, 0) is 50.3 Å². The number of aromatic nitrogens is 3. The molecule has 1 aromatic carbocycles. The first-order chi connectivity index (χ1) is 22.6.